The zero-order valence-electron chi connectivity index (χ0n) is 13.9. The van der Waals surface area contributed by atoms with Crippen molar-refractivity contribution in [2.45, 2.75) is 12.7 Å². The van der Waals surface area contributed by atoms with Crippen LogP contribution in [0.4, 0.5) is 4.39 Å². The Bertz CT molecular complexity index is 816. The van der Waals surface area contributed by atoms with Gasteiger partial charge >= 0.3 is 0 Å². The van der Waals surface area contributed by atoms with Crippen molar-refractivity contribution in [2.24, 2.45) is 0 Å². The maximum absolute atomic E-state index is 13.0. The molecule has 3 aromatic carbocycles. The van der Waals surface area contributed by atoms with E-state index < -0.39 is 6.10 Å². The predicted molar refractivity (Wildman–Crippen MR) is 94.2 cm³/mol. The van der Waals surface area contributed by atoms with E-state index in [2.05, 4.69) is 0 Å². The molecule has 1 N–H and O–H groups in total. The molecule has 0 aromatic heterocycles. The highest BCUT2D eigenvalue weighted by Crippen LogP contribution is 2.33. The van der Waals surface area contributed by atoms with E-state index in [1.807, 2.05) is 30.3 Å². The molecule has 1 unspecified atom stereocenters. The molecule has 3 aromatic rings. The van der Waals surface area contributed by atoms with E-state index in [4.69, 9.17) is 9.47 Å². The minimum absolute atomic E-state index is 0.335. The molecule has 0 heterocycles. The second-order valence-electron chi connectivity index (χ2n) is 5.64. The van der Waals surface area contributed by atoms with Gasteiger partial charge in [-0.25, -0.2) is 4.39 Å². The zero-order valence-corrected chi connectivity index (χ0v) is 13.9. The SMILES string of the molecule is COc1cc(C(O)c2ccc(F)cc2)ccc1OCc1ccccc1. The minimum Gasteiger partial charge on any atom is -0.493 e. The molecule has 3 rings (SSSR count). The molecule has 1 atom stereocenters. The van der Waals surface area contributed by atoms with Crippen LogP contribution in [0.5, 0.6) is 11.5 Å². The number of aliphatic hydroxyl groups excluding tert-OH is 1. The third-order valence-electron chi connectivity index (χ3n) is 3.93. The van der Waals surface area contributed by atoms with Gasteiger partial charge in [-0.3, -0.25) is 0 Å². The maximum atomic E-state index is 13.0. The fraction of sp³-hybridized carbons (Fsp3) is 0.143. The molecule has 0 aliphatic carbocycles. The number of hydrogen-bond acceptors (Lipinski definition) is 3. The highest BCUT2D eigenvalue weighted by atomic mass is 19.1. The Morgan fingerprint density at radius 1 is 0.880 bits per heavy atom. The van der Waals surface area contributed by atoms with Crippen molar-refractivity contribution in [2.75, 3.05) is 7.11 Å². The molecule has 3 nitrogen and oxygen atoms in total. The summed E-state index contributed by atoms with van der Waals surface area (Å²) in [4.78, 5) is 0. The first-order chi connectivity index (χ1) is 12.2. The zero-order chi connectivity index (χ0) is 17.6. The Balaban J connectivity index is 1.78. The van der Waals surface area contributed by atoms with Crippen molar-refractivity contribution < 1.29 is 19.0 Å². The van der Waals surface area contributed by atoms with Gasteiger partial charge in [-0.05, 0) is 41.0 Å². The van der Waals surface area contributed by atoms with Crippen molar-refractivity contribution in [1.82, 2.24) is 0 Å². The highest BCUT2D eigenvalue weighted by Gasteiger charge is 2.14. The summed E-state index contributed by atoms with van der Waals surface area (Å²) in [6, 6.07) is 20.9. The largest absolute Gasteiger partial charge is 0.493 e. The van der Waals surface area contributed by atoms with Crippen LogP contribution in [0.25, 0.3) is 0 Å². The van der Waals surface area contributed by atoms with Gasteiger partial charge in [0, 0.05) is 0 Å². The lowest BCUT2D eigenvalue weighted by atomic mass is 10.0. The average molecular weight is 338 g/mol. The van der Waals surface area contributed by atoms with Crippen LogP contribution < -0.4 is 9.47 Å². The van der Waals surface area contributed by atoms with E-state index in [9.17, 15) is 9.50 Å². The number of aliphatic hydroxyl groups is 1. The standard InChI is InChI=1S/C21H19FO3/c1-24-20-13-17(21(23)16-7-10-18(22)11-8-16)9-12-19(20)25-14-15-5-3-2-4-6-15/h2-13,21,23H,14H2,1H3. The lowest BCUT2D eigenvalue weighted by Crippen LogP contribution is -2.02. The van der Waals surface area contributed by atoms with Crippen LogP contribution in [0.1, 0.15) is 22.8 Å². The lowest BCUT2D eigenvalue weighted by Gasteiger charge is -2.16. The third-order valence-corrected chi connectivity index (χ3v) is 3.93. The van der Waals surface area contributed by atoms with Gasteiger partial charge in [0.25, 0.3) is 0 Å². The Kier molecular flexibility index (Phi) is 5.31. The molecule has 0 aliphatic heterocycles. The van der Waals surface area contributed by atoms with E-state index >= 15 is 0 Å². The molecule has 0 fully saturated rings. The summed E-state index contributed by atoms with van der Waals surface area (Å²) in [5.41, 5.74) is 2.32. The van der Waals surface area contributed by atoms with Crippen molar-refractivity contribution in [3.05, 3.63) is 95.3 Å². The van der Waals surface area contributed by atoms with Gasteiger partial charge in [0.2, 0.25) is 0 Å². The van der Waals surface area contributed by atoms with Gasteiger partial charge in [-0.1, -0.05) is 48.5 Å². The van der Waals surface area contributed by atoms with Gasteiger partial charge in [0.05, 0.1) is 7.11 Å². The molecule has 0 saturated heterocycles. The fourth-order valence-electron chi connectivity index (χ4n) is 2.55. The Hall–Kier alpha value is -2.85. The van der Waals surface area contributed by atoms with Crippen LogP contribution >= 0.6 is 0 Å². The summed E-state index contributed by atoms with van der Waals surface area (Å²) >= 11 is 0. The number of benzene rings is 3. The Labute approximate surface area is 146 Å². The molecule has 128 valence electrons. The van der Waals surface area contributed by atoms with E-state index in [0.29, 0.717) is 29.2 Å². The van der Waals surface area contributed by atoms with Crippen molar-refractivity contribution in [3.8, 4) is 11.5 Å². The van der Waals surface area contributed by atoms with Crippen LogP contribution in [0.3, 0.4) is 0 Å². The Morgan fingerprint density at radius 2 is 1.56 bits per heavy atom. The van der Waals surface area contributed by atoms with Crippen LogP contribution in [0, 0.1) is 5.82 Å². The van der Waals surface area contributed by atoms with Gasteiger partial charge in [-0.15, -0.1) is 0 Å². The van der Waals surface area contributed by atoms with Gasteiger partial charge in [-0.2, -0.15) is 0 Å². The van der Waals surface area contributed by atoms with Crippen molar-refractivity contribution in [3.63, 3.8) is 0 Å². The predicted octanol–water partition coefficient (Wildman–Crippen LogP) is 4.50. The number of halogens is 1. The second kappa shape index (κ2) is 7.81. The molecule has 0 aliphatic rings. The van der Waals surface area contributed by atoms with Crippen LogP contribution in [-0.4, -0.2) is 12.2 Å². The van der Waals surface area contributed by atoms with E-state index in [1.165, 1.54) is 12.1 Å². The summed E-state index contributed by atoms with van der Waals surface area (Å²) in [7, 11) is 1.55. The maximum Gasteiger partial charge on any atom is 0.161 e. The van der Waals surface area contributed by atoms with Crippen LogP contribution in [-0.2, 0) is 6.61 Å². The van der Waals surface area contributed by atoms with Gasteiger partial charge in [0.15, 0.2) is 11.5 Å². The topological polar surface area (TPSA) is 38.7 Å². The van der Waals surface area contributed by atoms with Crippen molar-refractivity contribution in [1.29, 1.82) is 0 Å². The minimum atomic E-state index is -0.863. The van der Waals surface area contributed by atoms with Gasteiger partial charge < -0.3 is 14.6 Å². The molecular formula is C21H19FO3. The molecule has 0 bridgehead atoms. The summed E-state index contributed by atoms with van der Waals surface area (Å²) in [5, 5.41) is 10.5. The summed E-state index contributed by atoms with van der Waals surface area (Å²) < 4.78 is 24.2. The highest BCUT2D eigenvalue weighted by molar-refractivity contribution is 5.45. The normalized spacial score (nSPS) is 11.8. The smallest absolute Gasteiger partial charge is 0.161 e. The molecule has 25 heavy (non-hydrogen) atoms. The summed E-state index contributed by atoms with van der Waals surface area (Å²) in [6.45, 7) is 0.428. The van der Waals surface area contributed by atoms with E-state index in [0.717, 1.165) is 5.56 Å². The number of methoxy groups -OCH3 is 1. The summed E-state index contributed by atoms with van der Waals surface area (Å²) in [6.07, 6.45) is -0.863. The lowest BCUT2D eigenvalue weighted by molar-refractivity contribution is 0.219. The molecule has 4 heteroatoms. The first-order valence-electron chi connectivity index (χ1n) is 7.95. The van der Waals surface area contributed by atoms with E-state index in [1.54, 1.807) is 37.4 Å². The second-order valence-corrected chi connectivity index (χ2v) is 5.64. The molecule has 0 spiro atoms. The first-order valence-corrected chi connectivity index (χ1v) is 7.95. The molecular weight excluding hydrogens is 319 g/mol. The third kappa shape index (κ3) is 4.17. The van der Waals surface area contributed by atoms with Crippen molar-refractivity contribution >= 4 is 0 Å². The Morgan fingerprint density at radius 3 is 2.24 bits per heavy atom. The number of rotatable bonds is 6. The van der Waals surface area contributed by atoms with Crippen LogP contribution in [0.2, 0.25) is 0 Å². The number of ether oxygens (including phenoxy) is 2. The van der Waals surface area contributed by atoms with Gasteiger partial charge in [0.1, 0.15) is 18.5 Å². The quantitative estimate of drug-likeness (QED) is 0.719. The molecule has 0 saturated carbocycles. The summed E-state index contributed by atoms with van der Waals surface area (Å²) in [5.74, 6) is 0.800. The van der Waals surface area contributed by atoms with E-state index in [-0.39, 0.29) is 5.82 Å². The molecule has 0 radical (unpaired) electrons. The average Bonchev–Trinajstić information content (AvgIpc) is 2.67. The monoisotopic (exact) mass is 338 g/mol. The molecule has 0 amide bonds. The van der Waals surface area contributed by atoms with Crippen LogP contribution in [0.15, 0.2) is 72.8 Å². The fourth-order valence-corrected chi connectivity index (χ4v) is 2.55. The first kappa shape index (κ1) is 17.0. The number of hydrogen-bond donors (Lipinski definition) is 1.